The van der Waals surface area contributed by atoms with Gasteiger partial charge < -0.3 is 20.7 Å². The van der Waals surface area contributed by atoms with Gasteiger partial charge in [0.25, 0.3) is 0 Å². The highest BCUT2D eigenvalue weighted by Gasteiger charge is 2.28. The van der Waals surface area contributed by atoms with Crippen molar-refractivity contribution in [2.24, 2.45) is 0 Å². The van der Waals surface area contributed by atoms with E-state index >= 15 is 0 Å². The molecule has 2 fully saturated rings. The molecule has 1 aromatic carbocycles. The Morgan fingerprint density at radius 2 is 1.78 bits per heavy atom. The average Bonchev–Trinajstić information content (AvgIpc) is 2.59. The molecule has 0 aromatic heterocycles. The maximum Gasteiger partial charge on any atom is 0.0578 e. The number of anilines is 2. The first-order chi connectivity index (χ1) is 11.2. The van der Waals surface area contributed by atoms with Crippen molar-refractivity contribution in [1.29, 1.82) is 0 Å². The molecular formula is C19H31N3O. The standard InChI is InChI=1S/C19H31N3O/c1-14-3-8-18(20)19(13-14)21-15-9-11-22(12-10-15)16-4-6-17(23-2)7-5-16/h3,8,13,15-17,21H,4-7,9-12,20H2,1-2H3/t16-,17+. The van der Waals surface area contributed by atoms with Gasteiger partial charge in [0.2, 0.25) is 0 Å². The second kappa shape index (κ2) is 7.54. The van der Waals surface area contributed by atoms with Gasteiger partial charge >= 0.3 is 0 Å². The fraction of sp³-hybridized carbons (Fsp3) is 0.684. The third kappa shape index (κ3) is 4.18. The molecule has 1 aromatic rings. The largest absolute Gasteiger partial charge is 0.397 e. The average molecular weight is 317 g/mol. The molecule has 4 heteroatoms. The van der Waals surface area contributed by atoms with Crippen molar-refractivity contribution in [3.8, 4) is 0 Å². The molecule has 0 spiro atoms. The molecule has 4 nitrogen and oxygen atoms in total. The van der Waals surface area contributed by atoms with E-state index in [1.165, 1.54) is 57.2 Å². The van der Waals surface area contributed by atoms with Crippen LogP contribution in [0.3, 0.4) is 0 Å². The van der Waals surface area contributed by atoms with Gasteiger partial charge in [0, 0.05) is 32.3 Å². The van der Waals surface area contributed by atoms with Gasteiger partial charge in [-0.25, -0.2) is 0 Å². The first kappa shape index (κ1) is 16.6. The summed E-state index contributed by atoms with van der Waals surface area (Å²) < 4.78 is 5.49. The lowest BCUT2D eigenvalue weighted by molar-refractivity contribution is 0.0329. The molecule has 1 saturated carbocycles. The molecule has 0 radical (unpaired) electrons. The Morgan fingerprint density at radius 1 is 1.09 bits per heavy atom. The number of nitrogens with one attached hydrogen (secondary N) is 1. The summed E-state index contributed by atoms with van der Waals surface area (Å²) in [7, 11) is 1.85. The number of likely N-dealkylation sites (tertiary alicyclic amines) is 1. The maximum absolute atomic E-state index is 6.09. The zero-order valence-electron chi connectivity index (χ0n) is 14.6. The summed E-state index contributed by atoms with van der Waals surface area (Å²) in [4.78, 5) is 2.70. The van der Waals surface area contributed by atoms with Crippen LogP contribution < -0.4 is 11.1 Å². The summed E-state index contributed by atoms with van der Waals surface area (Å²) in [6.45, 7) is 4.51. The lowest BCUT2D eigenvalue weighted by Crippen LogP contribution is -2.46. The van der Waals surface area contributed by atoms with Crippen LogP contribution in [0.1, 0.15) is 44.1 Å². The van der Waals surface area contributed by atoms with E-state index in [9.17, 15) is 0 Å². The molecule has 128 valence electrons. The van der Waals surface area contributed by atoms with Crippen molar-refractivity contribution in [2.75, 3.05) is 31.2 Å². The molecule has 2 aliphatic rings. The molecule has 3 rings (SSSR count). The van der Waals surface area contributed by atoms with E-state index in [0.29, 0.717) is 12.1 Å². The minimum atomic E-state index is 0.495. The third-order valence-electron chi connectivity index (χ3n) is 5.59. The minimum Gasteiger partial charge on any atom is -0.397 e. The van der Waals surface area contributed by atoms with Gasteiger partial charge in [-0.2, -0.15) is 0 Å². The number of piperidine rings is 1. The molecule has 0 amide bonds. The highest BCUT2D eigenvalue weighted by molar-refractivity contribution is 5.67. The number of benzene rings is 1. The number of aryl methyl sites for hydroxylation is 1. The second-order valence-corrected chi connectivity index (χ2v) is 7.21. The number of methoxy groups -OCH3 is 1. The summed E-state index contributed by atoms with van der Waals surface area (Å²) in [6, 6.07) is 7.55. The normalized spacial score (nSPS) is 27.0. The van der Waals surface area contributed by atoms with Crippen LogP contribution in [0, 0.1) is 6.92 Å². The summed E-state index contributed by atoms with van der Waals surface area (Å²) in [6.07, 6.45) is 7.94. The number of hydrogen-bond donors (Lipinski definition) is 2. The van der Waals surface area contributed by atoms with Crippen molar-refractivity contribution < 1.29 is 4.74 Å². The SMILES string of the molecule is CO[C@H]1CC[C@@H](N2CCC(Nc3cc(C)ccc3N)CC2)CC1. The number of ether oxygens (including phenoxy) is 1. The quantitative estimate of drug-likeness (QED) is 0.836. The van der Waals surface area contributed by atoms with E-state index in [1.807, 2.05) is 13.2 Å². The van der Waals surface area contributed by atoms with Gasteiger partial charge in [-0.1, -0.05) is 6.07 Å². The second-order valence-electron chi connectivity index (χ2n) is 7.21. The maximum atomic E-state index is 6.09. The van der Waals surface area contributed by atoms with Gasteiger partial charge in [0.15, 0.2) is 0 Å². The Balaban J connectivity index is 1.48. The van der Waals surface area contributed by atoms with E-state index in [2.05, 4.69) is 29.3 Å². The summed E-state index contributed by atoms with van der Waals surface area (Å²) in [5.74, 6) is 0. The van der Waals surface area contributed by atoms with Gasteiger partial charge in [0.1, 0.15) is 0 Å². The molecule has 0 atom stereocenters. The van der Waals surface area contributed by atoms with Crippen LogP contribution in [0.25, 0.3) is 0 Å². The topological polar surface area (TPSA) is 50.5 Å². The third-order valence-corrected chi connectivity index (χ3v) is 5.59. The highest BCUT2D eigenvalue weighted by atomic mass is 16.5. The zero-order valence-corrected chi connectivity index (χ0v) is 14.6. The lowest BCUT2D eigenvalue weighted by atomic mass is 9.90. The molecular weight excluding hydrogens is 286 g/mol. The Bertz CT molecular complexity index is 503. The predicted octanol–water partition coefficient (Wildman–Crippen LogP) is 3.41. The molecule has 3 N–H and O–H groups in total. The minimum absolute atomic E-state index is 0.495. The lowest BCUT2D eigenvalue weighted by Gasteiger charge is -2.41. The Labute approximate surface area is 140 Å². The van der Waals surface area contributed by atoms with Gasteiger partial charge in [-0.15, -0.1) is 0 Å². The first-order valence-corrected chi connectivity index (χ1v) is 9.05. The monoisotopic (exact) mass is 317 g/mol. The summed E-state index contributed by atoms with van der Waals surface area (Å²) in [5, 5.41) is 3.66. The van der Waals surface area contributed by atoms with E-state index < -0.39 is 0 Å². The van der Waals surface area contributed by atoms with Gasteiger partial charge in [0.05, 0.1) is 17.5 Å². The van der Waals surface area contributed by atoms with Crippen molar-refractivity contribution in [2.45, 2.75) is 63.6 Å². The van der Waals surface area contributed by atoms with Crippen LogP contribution in [0.15, 0.2) is 18.2 Å². The first-order valence-electron chi connectivity index (χ1n) is 9.05. The van der Waals surface area contributed by atoms with Crippen molar-refractivity contribution in [3.63, 3.8) is 0 Å². The number of nitrogens with two attached hydrogens (primary N) is 1. The molecule has 0 bridgehead atoms. The molecule has 0 unspecified atom stereocenters. The molecule has 1 aliphatic heterocycles. The van der Waals surface area contributed by atoms with Crippen LogP contribution in [-0.2, 0) is 4.74 Å². The number of rotatable bonds is 4. The fourth-order valence-electron chi connectivity index (χ4n) is 4.07. The van der Waals surface area contributed by atoms with Crippen molar-refractivity contribution >= 4 is 11.4 Å². The molecule has 1 heterocycles. The fourth-order valence-corrected chi connectivity index (χ4v) is 4.07. The van der Waals surface area contributed by atoms with E-state index in [-0.39, 0.29) is 0 Å². The van der Waals surface area contributed by atoms with Gasteiger partial charge in [-0.3, -0.25) is 0 Å². The number of hydrogen-bond acceptors (Lipinski definition) is 4. The Kier molecular flexibility index (Phi) is 5.44. The van der Waals surface area contributed by atoms with E-state index in [4.69, 9.17) is 10.5 Å². The van der Waals surface area contributed by atoms with Crippen LogP contribution >= 0.6 is 0 Å². The van der Waals surface area contributed by atoms with Crippen LogP contribution in [0.4, 0.5) is 11.4 Å². The molecule has 23 heavy (non-hydrogen) atoms. The van der Waals surface area contributed by atoms with Crippen LogP contribution in [-0.4, -0.2) is 43.3 Å². The van der Waals surface area contributed by atoms with E-state index in [0.717, 1.165) is 17.4 Å². The summed E-state index contributed by atoms with van der Waals surface area (Å²) >= 11 is 0. The van der Waals surface area contributed by atoms with Crippen molar-refractivity contribution in [1.82, 2.24) is 4.90 Å². The predicted molar refractivity (Wildman–Crippen MR) is 96.9 cm³/mol. The Hall–Kier alpha value is -1.26. The summed E-state index contributed by atoms with van der Waals surface area (Å²) in [5.41, 5.74) is 9.31. The number of nitrogens with zero attached hydrogens (tertiary/aromatic N) is 1. The van der Waals surface area contributed by atoms with Gasteiger partial charge in [-0.05, 0) is 63.1 Å². The van der Waals surface area contributed by atoms with Crippen molar-refractivity contribution in [3.05, 3.63) is 23.8 Å². The molecule has 1 saturated heterocycles. The van der Waals surface area contributed by atoms with E-state index in [1.54, 1.807) is 0 Å². The van der Waals surface area contributed by atoms with Crippen LogP contribution in [0.2, 0.25) is 0 Å². The highest BCUT2D eigenvalue weighted by Crippen LogP contribution is 2.28. The van der Waals surface area contributed by atoms with Crippen LogP contribution in [0.5, 0.6) is 0 Å². The molecule has 1 aliphatic carbocycles. The zero-order chi connectivity index (χ0) is 16.2. The number of nitrogen functional groups attached to an aromatic ring is 1. The smallest absolute Gasteiger partial charge is 0.0578 e. The Morgan fingerprint density at radius 3 is 2.43 bits per heavy atom.